The summed E-state index contributed by atoms with van der Waals surface area (Å²) in [7, 11) is 0. The first-order chi connectivity index (χ1) is 6.83. The molecule has 0 bridgehead atoms. The number of amides is 1. The number of halogens is 1. The van der Waals surface area contributed by atoms with Crippen molar-refractivity contribution >= 4 is 30.1 Å². The van der Waals surface area contributed by atoms with E-state index in [9.17, 15) is 4.79 Å². The van der Waals surface area contributed by atoms with Crippen LogP contribution < -0.4 is 5.73 Å². The fourth-order valence-electron chi connectivity index (χ4n) is 1.70. The highest BCUT2D eigenvalue weighted by Gasteiger charge is 2.32. The van der Waals surface area contributed by atoms with Crippen LogP contribution in [0.15, 0.2) is 0 Å². The van der Waals surface area contributed by atoms with Crippen molar-refractivity contribution in [3.05, 3.63) is 0 Å². The first-order valence-electron chi connectivity index (χ1n) is 5.52. The van der Waals surface area contributed by atoms with Crippen LogP contribution in [-0.2, 0) is 4.79 Å². The SMILES string of the molecule is CC(C)C(N)C(=O)N1CCSC(C)(C)C1.Cl. The molecule has 1 heterocycles. The van der Waals surface area contributed by atoms with Gasteiger partial charge in [0.05, 0.1) is 6.04 Å². The molecule has 0 spiro atoms. The number of rotatable bonds is 2. The molecule has 96 valence electrons. The Morgan fingerprint density at radius 3 is 2.44 bits per heavy atom. The Bertz CT molecular complexity index is 246. The van der Waals surface area contributed by atoms with E-state index in [0.717, 1.165) is 18.8 Å². The van der Waals surface area contributed by atoms with Crippen molar-refractivity contribution in [2.24, 2.45) is 11.7 Å². The maximum absolute atomic E-state index is 12.0. The van der Waals surface area contributed by atoms with E-state index < -0.39 is 0 Å². The molecule has 1 amide bonds. The molecule has 16 heavy (non-hydrogen) atoms. The van der Waals surface area contributed by atoms with Crippen LogP contribution in [0.4, 0.5) is 0 Å². The lowest BCUT2D eigenvalue weighted by molar-refractivity contribution is -0.133. The molecule has 1 unspecified atom stereocenters. The van der Waals surface area contributed by atoms with Gasteiger partial charge in [-0.3, -0.25) is 4.79 Å². The summed E-state index contributed by atoms with van der Waals surface area (Å²) in [5, 5.41) is 0. The highest BCUT2D eigenvalue weighted by atomic mass is 35.5. The van der Waals surface area contributed by atoms with Gasteiger partial charge in [-0.15, -0.1) is 12.4 Å². The summed E-state index contributed by atoms with van der Waals surface area (Å²) in [4.78, 5) is 13.9. The van der Waals surface area contributed by atoms with Crippen LogP contribution in [0.1, 0.15) is 27.7 Å². The predicted molar refractivity (Wildman–Crippen MR) is 73.2 cm³/mol. The molecule has 1 rings (SSSR count). The zero-order valence-corrected chi connectivity index (χ0v) is 12.2. The smallest absolute Gasteiger partial charge is 0.239 e. The van der Waals surface area contributed by atoms with Crippen LogP contribution in [0.2, 0.25) is 0 Å². The Balaban J connectivity index is 0.00000225. The Kier molecular flexibility index (Phi) is 6.15. The van der Waals surface area contributed by atoms with Crippen molar-refractivity contribution in [3.8, 4) is 0 Å². The van der Waals surface area contributed by atoms with Gasteiger partial charge in [0.15, 0.2) is 0 Å². The number of hydrogen-bond donors (Lipinski definition) is 1. The molecular weight excluding hydrogens is 244 g/mol. The summed E-state index contributed by atoms with van der Waals surface area (Å²) >= 11 is 1.93. The Labute approximate surface area is 109 Å². The molecule has 0 aromatic carbocycles. The first kappa shape index (κ1) is 16.1. The third kappa shape index (κ3) is 4.15. The molecular formula is C11H23ClN2OS. The van der Waals surface area contributed by atoms with E-state index >= 15 is 0 Å². The maximum Gasteiger partial charge on any atom is 0.239 e. The molecule has 0 aromatic rings. The average Bonchev–Trinajstić information content (AvgIpc) is 2.13. The van der Waals surface area contributed by atoms with Gasteiger partial charge < -0.3 is 10.6 Å². The van der Waals surface area contributed by atoms with Gasteiger partial charge >= 0.3 is 0 Å². The Hall–Kier alpha value is 0.0700. The van der Waals surface area contributed by atoms with Crippen molar-refractivity contribution in [1.82, 2.24) is 4.90 Å². The lowest BCUT2D eigenvalue weighted by atomic mass is 10.0. The molecule has 3 nitrogen and oxygen atoms in total. The van der Waals surface area contributed by atoms with Crippen LogP contribution in [0, 0.1) is 5.92 Å². The largest absolute Gasteiger partial charge is 0.339 e. The van der Waals surface area contributed by atoms with Crippen molar-refractivity contribution in [2.45, 2.75) is 38.5 Å². The lowest BCUT2D eigenvalue weighted by Gasteiger charge is -2.39. The second kappa shape index (κ2) is 6.12. The number of thioether (sulfide) groups is 1. The van der Waals surface area contributed by atoms with Crippen LogP contribution in [0.3, 0.4) is 0 Å². The lowest BCUT2D eigenvalue weighted by Crippen LogP contribution is -2.53. The maximum atomic E-state index is 12.0. The van der Waals surface area contributed by atoms with Gasteiger partial charge in [-0.1, -0.05) is 13.8 Å². The van der Waals surface area contributed by atoms with E-state index in [1.54, 1.807) is 0 Å². The highest BCUT2D eigenvalue weighted by molar-refractivity contribution is 8.00. The zero-order valence-electron chi connectivity index (χ0n) is 10.5. The second-order valence-electron chi connectivity index (χ2n) is 5.14. The quantitative estimate of drug-likeness (QED) is 0.828. The summed E-state index contributed by atoms with van der Waals surface area (Å²) < 4.78 is 0.171. The minimum Gasteiger partial charge on any atom is -0.339 e. The van der Waals surface area contributed by atoms with Gasteiger partial charge in [0.2, 0.25) is 5.91 Å². The van der Waals surface area contributed by atoms with E-state index in [4.69, 9.17) is 5.73 Å². The third-order valence-electron chi connectivity index (χ3n) is 2.74. The van der Waals surface area contributed by atoms with Gasteiger partial charge in [-0.2, -0.15) is 11.8 Å². The Morgan fingerprint density at radius 2 is 2.00 bits per heavy atom. The molecule has 2 N–H and O–H groups in total. The van der Waals surface area contributed by atoms with E-state index in [1.165, 1.54) is 0 Å². The van der Waals surface area contributed by atoms with Crippen molar-refractivity contribution in [2.75, 3.05) is 18.8 Å². The van der Waals surface area contributed by atoms with E-state index in [-0.39, 0.29) is 35.0 Å². The first-order valence-corrected chi connectivity index (χ1v) is 6.50. The molecule has 1 saturated heterocycles. The van der Waals surface area contributed by atoms with Crippen molar-refractivity contribution in [1.29, 1.82) is 0 Å². The molecule has 0 radical (unpaired) electrons. The van der Waals surface area contributed by atoms with Crippen LogP contribution >= 0.6 is 24.2 Å². The second-order valence-corrected chi connectivity index (χ2v) is 6.94. The average molecular weight is 267 g/mol. The molecule has 1 atom stereocenters. The molecule has 0 saturated carbocycles. The van der Waals surface area contributed by atoms with Crippen LogP contribution in [-0.4, -0.2) is 40.4 Å². The summed E-state index contributed by atoms with van der Waals surface area (Å²) in [6.07, 6.45) is 0. The summed E-state index contributed by atoms with van der Waals surface area (Å²) in [6.45, 7) is 10.00. The van der Waals surface area contributed by atoms with Gasteiger partial charge in [-0.05, 0) is 19.8 Å². The van der Waals surface area contributed by atoms with Gasteiger partial charge in [0.25, 0.3) is 0 Å². The van der Waals surface area contributed by atoms with E-state index in [2.05, 4.69) is 13.8 Å². The van der Waals surface area contributed by atoms with Gasteiger partial charge in [0.1, 0.15) is 0 Å². The summed E-state index contributed by atoms with van der Waals surface area (Å²) in [5.74, 6) is 1.34. The Morgan fingerprint density at radius 1 is 1.44 bits per heavy atom. The molecule has 5 heteroatoms. The minimum absolute atomic E-state index is 0. The minimum atomic E-state index is -0.344. The number of carbonyl (C=O) groups excluding carboxylic acids is 1. The standard InChI is InChI=1S/C11H22N2OS.ClH/c1-8(2)9(12)10(14)13-5-6-15-11(3,4)7-13;/h8-9H,5-7,12H2,1-4H3;1H. The summed E-state index contributed by atoms with van der Waals surface area (Å²) in [5.41, 5.74) is 5.88. The zero-order chi connectivity index (χ0) is 11.6. The molecule has 1 fully saturated rings. The number of carbonyl (C=O) groups is 1. The topological polar surface area (TPSA) is 46.3 Å². The van der Waals surface area contributed by atoms with E-state index in [0.29, 0.717) is 0 Å². The van der Waals surface area contributed by atoms with Gasteiger partial charge in [-0.25, -0.2) is 0 Å². The normalized spacial score (nSPS) is 21.5. The highest BCUT2D eigenvalue weighted by Crippen LogP contribution is 2.29. The summed E-state index contributed by atoms with van der Waals surface area (Å²) in [6, 6.07) is -0.344. The monoisotopic (exact) mass is 266 g/mol. The van der Waals surface area contributed by atoms with Crippen LogP contribution in [0.25, 0.3) is 0 Å². The fraction of sp³-hybridized carbons (Fsp3) is 0.909. The fourth-order valence-corrected chi connectivity index (χ4v) is 2.81. The van der Waals surface area contributed by atoms with Crippen molar-refractivity contribution < 1.29 is 4.79 Å². The number of nitrogens with zero attached hydrogens (tertiary/aromatic N) is 1. The third-order valence-corrected chi connectivity index (χ3v) is 4.04. The number of nitrogens with two attached hydrogens (primary N) is 1. The van der Waals surface area contributed by atoms with Crippen LogP contribution in [0.5, 0.6) is 0 Å². The molecule has 1 aliphatic heterocycles. The molecule has 0 aromatic heterocycles. The van der Waals surface area contributed by atoms with Gasteiger partial charge in [0, 0.05) is 23.6 Å². The van der Waals surface area contributed by atoms with Crippen molar-refractivity contribution in [3.63, 3.8) is 0 Å². The number of hydrogen-bond acceptors (Lipinski definition) is 3. The van der Waals surface area contributed by atoms with E-state index in [1.807, 2.05) is 30.5 Å². The molecule has 0 aliphatic carbocycles. The predicted octanol–water partition coefficient (Wildman–Crippen LogP) is 1.75. The molecule has 1 aliphatic rings.